The van der Waals surface area contributed by atoms with Crippen molar-refractivity contribution >= 4 is 71.4 Å². The number of nitrogens with one attached hydrogen (secondary N) is 1. The van der Waals surface area contributed by atoms with Crippen LogP contribution in [-0.4, -0.2) is 19.2 Å². The molecule has 0 fully saturated rings. The molecule has 0 bridgehead atoms. The zero-order chi connectivity index (χ0) is 14.8. The lowest BCUT2D eigenvalue weighted by Gasteiger charge is -2.20. The normalized spacial score (nSPS) is 12.6. The number of hydrogen-bond donors (Lipinski definition) is 1. The standard InChI is InChI=1S/C8H8Cl5N2O3P/c1-17-19(16,18-2)15-6-4(9)3-14-7(5(6)10)8(11,12)13/h3H,1-2H3,(H,14,15,16). The van der Waals surface area contributed by atoms with Crippen LogP contribution in [0, 0.1) is 0 Å². The molecule has 0 spiro atoms. The highest BCUT2D eigenvalue weighted by molar-refractivity contribution is 7.55. The molecule has 0 atom stereocenters. The summed E-state index contributed by atoms with van der Waals surface area (Å²) in [5.41, 5.74) is -0.0310. The van der Waals surface area contributed by atoms with Crippen LogP contribution < -0.4 is 5.09 Å². The summed E-state index contributed by atoms with van der Waals surface area (Å²) in [5.74, 6) is 0. The van der Waals surface area contributed by atoms with Crippen molar-refractivity contribution in [3.63, 3.8) is 0 Å². The predicted molar refractivity (Wildman–Crippen MR) is 78.7 cm³/mol. The van der Waals surface area contributed by atoms with Gasteiger partial charge in [-0.3, -0.25) is 19.1 Å². The average Bonchev–Trinajstić information content (AvgIpc) is 2.32. The van der Waals surface area contributed by atoms with E-state index < -0.39 is 11.5 Å². The number of anilines is 1. The lowest BCUT2D eigenvalue weighted by molar-refractivity contribution is 0.281. The van der Waals surface area contributed by atoms with E-state index in [1.807, 2.05) is 0 Å². The van der Waals surface area contributed by atoms with Gasteiger partial charge < -0.3 is 0 Å². The average molecular weight is 388 g/mol. The molecule has 0 aliphatic heterocycles. The SMILES string of the molecule is COP(=O)(Nc1c(Cl)cnc(C(Cl)(Cl)Cl)c1Cl)OC. The van der Waals surface area contributed by atoms with E-state index in [4.69, 9.17) is 67.1 Å². The molecule has 0 saturated heterocycles. The van der Waals surface area contributed by atoms with E-state index in [9.17, 15) is 4.57 Å². The van der Waals surface area contributed by atoms with Gasteiger partial charge >= 0.3 is 7.75 Å². The molecular weight excluding hydrogens is 380 g/mol. The highest BCUT2D eigenvalue weighted by Gasteiger charge is 2.32. The van der Waals surface area contributed by atoms with E-state index in [0.717, 1.165) is 0 Å². The Morgan fingerprint density at radius 1 is 1.26 bits per heavy atom. The molecule has 0 amide bonds. The van der Waals surface area contributed by atoms with Gasteiger partial charge in [-0.15, -0.1) is 0 Å². The fourth-order valence-corrected chi connectivity index (χ4v) is 3.19. The van der Waals surface area contributed by atoms with Gasteiger partial charge in [0.05, 0.1) is 15.7 Å². The molecule has 5 nitrogen and oxygen atoms in total. The molecule has 1 aromatic rings. The maximum Gasteiger partial charge on any atom is 0.432 e. The van der Waals surface area contributed by atoms with Crippen LogP contribution in [0.3, 0.4) is 0 Å². The van der Waals surface area contributed by atoms with Crippen LogP contribution in [0.25, 0.3) is 0 Å². The van der Waals surface area contributed by atoms with Crippen molar-refractivity contribution in [2.75, 3.05) is 19.3 Å². The van der Waals surface area contributed by atoms with Gasteiger partial charge in [-0.25, -0.2) is 4.57 Å². The number of pyridine rings is 1. The first-order valence-electron chi connectivity index (χ1n) is 4.55. The molecule has 1 N–H and O–H groups in total. The van der Waals surface area contributed by atoms with E-state index in [1.165, 1.54) is 20.4 Å². The van der Waals surface area contributed by atoms with Crippen LogP contribution in [0.1, 0.15) is 5.69 Å². The van der Waals surface area contributed by atoms with Crippen LogP contribution in [0.2, 0.25) is 10.0 Å². The molecule has 0 aromatic carbocycles. The second-order valence-electron chi connectivity index (χ2n) is 3.12. The molecule has 1 rings (SSSR count). The van der Waals surface area contributed by atoms with E-state index >= 15 is 0 Å². The molecule has 108 valence electrons. The highest BCUT2D eigenvalue weighted by atomic mass is 35.6. The second kappa shape index (κ2) is 6.54. The zero-order valence-electron chi connectivity index (χ0n) is 9.59. The van der Waals surface area contributed by atoms with Crippen molar-refractivity contribution in [2.24, 2.45) is 0 Å². The smallest absolute Gasteiger partial charge is 0.296 e. The maximum atomic E-state index is 12.0. The van der Waals surface area contributed by atoms with Crippen LogP contribution in [-0.2, 0) is 17.4 Å². The van der Waals surface area contributed by atoms with Crippen molar-refractivity contribution < 1.29 is 13.6 Å². The topological polar surface area (TPSA) is 60.5 Å². The Balaban J connectivity index is 3.32. The van der Waals surface area contributed by atoms with Gasteiger partial charge in [0, 0.05) is 20.4 Å². The third kappa shape index (κ3) is 4.26. The molecule has 11 heteroatoms. The Kier molecular flexibility index (Phi) is 6.06. The number of hydrogen-bond acceptors (Lipinski definition) is 4. The van der Waals surface area contributed by atoms with Crippen molar-refractivity contribution in [1.82, 2.24) is 4.98 Å². The quantitative estimate of drug-likeness (QED) is 0.579. The summed E-state index contributed by atoms with van der Waals surface area (Å²) in [4.78, 5) is 3.82. The van der Waals surface area contributed by atoms with E-state index in [1.54, 1.807) is 0 Å². The summed E-state index contributed by atoms with van der Waals surface area (Å²) >= 11 is 29.1. The fourth-order valence-electron chi connectivity index (χ4n) is 1.07. The zero-order valence-corrected chi connectivity index (χ0v) is 14.3. The van der Waals surface area contributed by atoms with Gasteiger partial charge in [-0.05, 0) is 0 Å². The summed E-state index contributed by atoms with van der Waals surface area (Å²) in [6.07, 6.45) is 1.20. The van der Waals surface area contributed by atoms with Crippen molar-refractivity contribution in [3.05, 3.63) is 21.9 Å². The van der Waals surface area contributed by atoms with Crippen molar-refractivity contribution in [2.45, 2.75) is 3.79 Å². The number of halogens is 5. The molecule has 1 heterocycles. The minimum atomic E-state index is -3.60. The Hall–Kier alpha value is 0.550. The number of aromatic nitrogens is 1. The summed E-state index contributed by atoms with van der Waals surface area (Å²) in [6.45, 7) is 0. The van der Waals surface area contributed by atoms with E-state index in [2.05, 4.69) is 10.1 Å². The van der Waals surface area contributed by atoms with Crippen LogP contribution >= 0.6 is 65.8 Å². The van der Waals surface area contributed by atoms with Gasteiger partial charge in [0.25, 0.3) is 0 Å². The summed E-state index contributed by atoms with van der Waals surface area (Å²) in [6, 6.07) is 0. The minimum absolute atomic E-state index is 0.0340. The van der Waals surface area contributed by atoms with Crippen molar-refractivity contribution in [3.8, 4) is 0 Å². The van der Waals surface area contributed by atoms with Crippen LogP contribution in [0.15, 0.2) is 6.20 Å². The summed E-state index contributed by atoms with van der Waals surface area (Å²) < 4.78 is 19.6. The number of nitrogens with zero attached hydrogens (tertiary/aromatic N) is 1. The van der Waals surface area contributed by atoms with Crippen LogP contribution in [0.5, 0.6) is 0 Å². The lowest BCUT2D eigenvalue weighted by atomic mass is 10.3. The molecular formula is C8H8Cl5N2O3P. The molecule has 19 heavy (non-hydrogen) atoms. The van der Waals surface area contributed by atoms with E-state index in [0.29, 0.717) is 0 Å². The third-order valence-corrected chi connectivity index (χ3v) is 4.62. The fraction of sp³-hybridized carbons (Fsp3) is 0.375. The molecule has 0 saturated carbocycles. The van der Waals surface area contributed by atoms with Gasteiger partial charge in [0.2, 0.25) is 3.79 Å². The Morgan fingerprint density at radius 3 is 2.21 bits per heavy atom. The Bertz CT molecular complexity index is 514. The van der Waals surface area contributed by atoms with E-state index in [-0.39, 0.29) is 21.4 Å². The van der Waals surface area contributed by atoms with Gasteiger partial charge in [0.1, 0.15) is 5.69 Å². The third-order valence-electron chi connectivity index (χ3n) is 1.97. The predicted octanol–water partition coefficient (Wildman–Crippen LogP) is 5.03. The Labute approximate surface area is 135 Å². The molecule has 0 aliphatic rings. The first-order chi connectivity index (χ1) is 8.64. The molecule has 1 aromatic heterocycles. The van der Waals surface area contributed by atoms with Crippen LogP contribution in [0.4, 0.5) is 5.69 Å². The van der Waals surface area contributed by atoms with Gasteiger partial charge in [0.15, 0.2) is 0 Å². The maximum absolute atomic E-state index is 12.0. The molecule has 0 aliphatic carbocycles. The van der Waals surface area contributed by atoms with Gasteiger partial charge in [-0.2, -0.15) is 0 Å². The first kappa shape index (κ1) is 17.6. The first-order valence-corrected chi connectivity index (χ1v) is 7.99. The van der Waals surface area contributed by atoms with Crippen molar-refractivity contribution in [1.29, 1.82) is 0 Å². The highest BCUT2D eigenvalue weighted by Crippen LogP contribution is 2.51. The summed E-state index contributed by atoms with van der Waals surface area (Å²) in [5, 5.41) is 2.41. The number of rotatable bonds is 4. The minimum Gasteiger partial charge on any atom is -0.296 e. The second-order valence-corrected chi connectivity index (χ2v) is 8.13. The lowest BCUT2D eigenvalue weighted by Crippen LogP contribution is -2.08. The number of alkyl halides is 3. The molecule has 0 unspecified atom stereocenters. The largest absolute Gasteiger partial charge is 0.432 e. The molecule has 0 radical (unpaired) electrons. The summed E-state index contributed by atoms with van der Waals surface area (Å²) in [7, 11) is -1.22. The van der Waals surface area contributed by atoms with Gasteiger partial charge in [-0.1, -0.05) is 58.0 Å². The Morgan fingerprint density at radius 2 is 1.79 bits per heavy atom. The monoisotopic (exact) mass is 386 g/mol.